The second-order valence-electron chi connectivity index (χ2n) is 6.25. The maximum absolute atomic E-state index is 4.81. The fraction of sp³-hybridized carbons (Fsp3) is 0.471. The summed E-state index contributed by atoms with van der Waals surface area (Å²) in [6.07, 6.45) is 0. The highest BCUT2D eigenvalue weighted by Gasteiger charge is 2.41. The Morgan fingerprint density at radius 1 is 1.20 bits per heavy atom. The van der Waals surface area contributed by atoms with Crippen LogP contribution in [0.4, 0.5) is 0 Å². The Labute approximate surface area is 120 Å². The molecule has 2 saturated heterocycles. The summed E-state index contributed by atoms with van der Waals surface area (Å²) in [7, 11) is 0. The number of benzene rings is 1. The molecule has 0 aliphatic carbocycles. The van der Waals surface area contributed by atoms with Crippen LogP contribution < -0.4 is 5.32 Å². The van der Waals surface area contributed by atoms with Crippen molar-refractivity contribution in [1.29, 1.82) is 0 Å². The van der Waals surface area contributed by atoms with Crippen molar-refractivity contribution in [2.45, 2.75) is 19.5 Å². The summed E-state index contributed by atoms with van der Waals surface area (Å²) in [6.45, 7) is 6.95. The number of hydrogen-bond acceptors (Lipinski definition) is 3. The van der Waals surface area contributed by atoms with E-state index in [4.69, 9.17) is 4.98 Å². The third-order valence-electron chi connectivity index (χ3n) is 5.08. The zero-order valence-electron chi connectivity index (χ0n) is 11.9. The van der Waals surface area contributed by atoms with E-state index in [-0.39, 0.29) is 0 Å². The van der Waals surface area contributed by atoms with Crippen LogP contribution >= 0.6 is 0 Å². The molecule has 4 rings (SSSR count). The van der Waals surface area contributed by atoms with Gasteiger partial charge < -0.3 is 5.32 Å². The summed E-state index contributed by atoms with van der Waals surface area (Å²) in [5.41, 5.74) is 2.31. The van der Waals surface area contributed by atoms with Crippen LogP contribution in [0.25, 0.3) is 10.9 Å². The molecule has 3 heteroatoms. The molecule has 0 amide bonds. The number of aromatic nitrogens is 1. The number of nitrogens with zero attached hydrogens (tertiary/aromatic N) is 2. The first-order chi connectivity index (χ1) is 9.81. The molecule has 2 fully saturated rings. The summed E-state index contributed by atoms with van der Waals surface area (Å²) in [6, 6.07) is 13.4. The lowest BCUT2D eigenvalue weighted by molar-refractivity contribution is 0.229. The van der Waals surface area contributed by atoms with Crippen LogP contribution in [0.15, 0.2) is 36.4 Å². The van der Waals surface area contributed by atoms with Crippen molar-refractivity contribution in [2.24, 2.45) is 11.8 Å². The average Bonchev–Trinajstić information content (AvgIpc) is 3.03. The summed E-state index contributed by atoms with van der Waals surface area (Å²) in [5, 5.41) is 4.75. The predicted octanol–water partition coefficient (Wildman–Crippen LogP) is 2.27. The lowest BCUT2D eigenvalue weighted by Gasteiger charge is -2.23. The molecule has 2 aliphatic rings. The largest absolute Gasteiger partial charge is 0.316 e. The molecule has 1 aromatic carbocycles. The Balaban J connectivity index is 1.55. The van der Waals surface area contributed by atoms with Crippen molar-refractivity contribution >= 4 is 10.9 Å². The van der Waals surface area contributed by atoms with Crippen LogP contribution in [-0.2, 0) is 6.54 Å². The summed E-state index contributed by atoms with van der Waals surface area (Å²) in [5.74, 6) is 1.67. The first-order valence-corrected chi connectivity index (χ1v) is 7.61. The van der Waals surface area contributed by atoms with E-state index in [0.717, 1.165) is 23.9 Å². The summed E-state index contributed by atoms with van der Waals surface area (Å²) < 4.78 is 0. The van der Waals surface area contributed by atoms with Crippen LogP contribution in [-0.4, -0.2) is 35.6 Å². The topological polar surface area (TPSA) is 28.2 Å². The van der Waals surface area contributed by atoms with E-state index >= 15 is 0 Å². The number of rotatable bonds is 2. The zero-order valence-corrected chi connectivity index (χ0v) is 11.9. The van der Waals surface area contributed by atoms with Gasteiger partial charge in [0.1, 0.15) is 0 Å². The first-order valence-electron chi connectivity index (χ1n) is 7.61. The van der Waals surface area contributed by atoms with Crippen molar-refractivity contribution in [1.82, 2.24) is 15.2 Å². The fourth-order valence-electron chi connectivity index (χ4n) is 3.87. The number of nitrogens with one attached hydrogen (secondary N) is 1. The van der Waals surface area contributed by atoms with Gasteiger partial charge in [0.25, 0.3) is 0 Å². The summed E-state index contributed by atoms with van der Waals surface area (Å²) >= 11 is 0. The molecule has 1 aromatic heterocycles. The Hall–Kier alpha value is -1.45. The van der Waals surface area contributed by atoms with E-state index in [2.05, 4.69) is 53.5 Å². The fourth-order valence-corrected chi connectivity index (χ4v) is 3.87. The lowest BCUT2D eigenvalue weighted by Crippen LogP contribution is -2.33. The first kappa shape index (κ1) is 12.3. The highest BCUT2D eigenvalue weighted by atomic mass is 15.2. The number of pyridine rings is 1. The van der Waals surface area contributed by atoms with Gasteiger partial charge in [-0.05, 0) is 44.0 Å². The minimum Gasteiger partial charge on any atom is -0.316 e. The molecule has 3 atom stereocenters. The van der Waals surface area contributed by atoms with Gasteiger partial charge in [-0.3, -0.25) is 9.88 Å². The van der Waals surface area contributed by atoms with E-state index in [1.54, 1.807) is 0 Å². The number of hydrogen-bond donors (Lipinski definition) is 1. The molecule has 0 spiro atoms. The molecule has 0 bridgehead atoms. The van der Waals surface area contributed by atoms with Gasteiger partial charge in [-0.25, -0.2) is 0 Å². The Morgan fingerprint density at radius 2 is 2.10 bits per heavy atom. The van der Waals surface area contributed by atoms with Crippen molar-refractivity contribution in [3.8, 4) is 0 Å². The smallest absolute Gasteiger partial charge is 0.0705 e. The van der Waals surface area contributed by atoms with Crippen molar-refractivity contribution in [3.63, 3.8) is 0 Å². The molecule has 2 aromatic rings. The van der Waals surface area contributed by atoms with Crippen LogP contribution in [0.1, 0.15) is 12.6 Å². The number of likely N-dealkylation sites (tertiary alicyclic amines) is 1. The molecule has 0 radical (unpaired) electrons. The molecular formula is C17H21N3. The van der Waals surface area contributed by atoms with E-state index in [9.17, 15) is 0 Å². The number of para-hydroxylation sites is 1. The molecule has 20 heavy (non-hydrogen) atoms. The van der Waals surface area contributed by atoms with Gasteiger partial charge in [0.15, 0.2) is 0 Å². The standard InChI is InChI=1S/C17H21N3/c1-12-16-9-18-8-14(16)10-20(12)11-15-7-6-13-4-2-3-5-17(13)19-15/h2-7,12,14,16,18H,8-11H2,1H3. The maximum atomic E-state index is 4.81. The predicted molar refractivity (Wildman–Crippen MR) is 81.5 cm³/mol. The third-order valence-corrected chi connectivity index (χ3v) is 5.08. The minimum atomic E-state index is 0.670. The van der Waals surface area contributed by atoms with E-state index in [0.29, 0.717) is 6.04 Å². The summed E-state index contributed by atoms with van der Waals surface area (Å²) in [4.78, 5) is 7.41. The molecule has 1 N–H and O–H groups in total. The minimum absolute atomic E-state index is 0.670. The molecule has 104 valence electrons. The molecule has 0 saturated carbocycles. The Kier molecular flexibility index (Phi) is 2.97. The van der Waals surface area contributed by atoms with Crippen LogP contribution in [0.5, 0.6) is 0 Å². The lowest BCUT2D eigenvalue weighted by atomic mass is 9.95. The van der Waals surface area contributed by atoms with Crippen LogP contribution in [0, 0.1) is 11.8 Å². The van der Waals surface area contributed by atoms with Gasteiger partial charge in [-0.1, -0.05) is 24.3 Å². The molecular weight excluding hydrogens is 246 g/mol. The monoisotopic (exact) mass is 267 g/mol. The zero-order chi connectivity index (χ0) is 13.5. The van der Waals surface area contributed by atoms with Gasteiger partial charge in [0.05, 0.1) is 11.2 Å². The maximum Gasteiger partial charge on any atom is 0.0705 e. The van der Waals surface area contributed by atoms with Crippen LogP contribution in [0.2, 0.25) is 0 Å². The van der Waals surface area contributed by atoms with Crippen molar-refractivity contribution < 1.29 is 0 Å². The number of fused-ring (bicyclic) bond motifs is 2. The molecule has 3 nitrogen and oxygen atoms in total. The third kappa shape index (κ3) is 2.02. The molecule has 3 heterocycles. The Bertz CT molecular complexity index is 624. The second-order valence-corrected chi connectivity index (χ2v) is 6.25. The van der Waals surface area contributed by atoms with E-state index in [1.165, 1.54) is 30.7 Å². The normalized spacial score (nSPS) is 29.9. The SMILES string of the molecule is CC1C2CNCC2CN1Cc1ccc2ccccc2n1. The van der Waals surface area contributed by atoms with Gasteiger partial charge in [0.2, 0.25) is 0 Å². The average molecular weight is 267 g/mol. The van der Waals surface area contributed by atoms with Crippen LogP contribution in [0.3, 0.4) is 0 Å². The Morgan fingerprint density at radius 3 is 3.00 bits per heavy atom. The molecule has 3 unspecified atom stereocenters. The highest BCUT2D eigenvalue weighted by molar-refractivity contribution is 5.78. The van der Waals surface area contributed by atoms with Gasteiger partial charge >= 0.3 is 0 Å². The van der Waals surface area contributed by atoms with E-state index in [1.807, 2.05) is 0 Å². The second kappa shape index (κ2) is 4.83. The van der Waals surface area contributed by atoms with Gasteiger partial charge in [0, 0.05) is 24.5 Å². The van der Waals surface area contributed by atoms with Gasteiger partial charge in [-0.15, -0.1) is 0 Å². The molecule has 2 aliphatic heterocycles. The van der Waals surface area contributed by atoms with E-state index < -0.39 is 0 Å². The van der Waals surface area contributed by atoms with Crippen molar-refractivity contribution in [3.05, 3.63) is 42.1 Å². The van der Waals surface area contributed by atoms with Gasteiger partial charge in [-0.2, -0.15) is 0 Å². The quantitative estimate of drug-likeness (QED) is 0.905. The highest BCUT2D eigenvalue weighted by Crippen LogP contribution is 2.33. The van der Waals surface area contributed by atoms with Crippen molar-refractivity contribution in [2.75, 3.05) is 19.6 Å².